The molecule has 2 rings (SSSR count). The predicted molar refractivity (Wildman–Crippen MR) is 70.8 cm³/mol. The molecule has 0 bridgehead atoms. The van der Waals surface area contributed by atoms with E-state index in [1.165, 1.54) is 0 Å². The third-order valence-corrected chi connectivity index (χ3v) is 3.03. The quantitative estimate of drug-likeness (QED) is 0.671. The van der Waals surface area contributed by atoms with E-state index in [2.05, 4.69) is 10.5 Å². The number of nitrogens with one attached hydrogen (secondary N) is 1. The van der Waals surface area contributed by atoms with E-state index in [1.54, 1.807) is 41.8 Å². The van der Waals surface area contributed by atoms with Crippen LogP contribution in [0.25, 0.3) is 0 Å². The van der Waals surface area contributed by atoms with E-state index in [9.17, 15) is 4.79 Å². The van der Waals surface area contributed by atoms with Crippen molar-refractivity contribution in [1.82, 2.24) is 5.43 Å². The fraction of sp³-hybridized carbons (Fsp3) is 0. The standard InChI is InChI=1S/C12H9ClN2OS/c13-10-4-1-3-9(7-10)12(16)15-14-8-11-5-2-6-17-11/h1-8H,(H,15,16)/b14-8-. The zero-order chi connectivity index (χ0) is 12.1. The van der Waals surface area contributed by atoms with Crippen LogP contribution in [0.2, 0.25) is 5.02 Å². The average Bonchev–Trinajstić information content (AvgIpc) is 2.82. The summed E-state index contributed by atoms with van der Waals surface area (Å²) in [6, 6.07) is 10.6. The summed E-state index contributed by atoms with van der Waals surface area (Å²) in [6.07, 6.45) is 1.60. The molecule has 0 aliphatic carbocycles. The molecule has 0 atom stereocenters. The van der Waals surface area contributed by atoms with Crippen molar-refractivity contribution >= 4 is 35.1 Å². The number of carbonyl (C=O) groups is 1. The molecule has 0 saturated carbocycles. The van der Waals surface area contributed by atoms with E-state index in [4.69, 9.17) is 11.6 Å². The van der Waals surface area contributed by atoms with Crippen molar-refractivity contribution in [1.29, 1.82) is 0 Å². The molecule has 3 nitrogen and oxygen atoms in total. The number of rotatable bonds is 3. The number of thiophene rings is 1. The Balaban J connectivity index is 1.98. The minimum absolute atomic E-state index is 0.277. The van der Waals surface area contributed by atoms with Gasteiger partial charge in [0.15, 0.2) is 0 Å². The van der Waals surface area contributed by atoms with E-state index in [0.717, 1.165) is 4.88 Å². The first-order valence-corrected chi connectivity index (χ1v) is 6.14. The number of carbonyl (C=O) groups excluding carboxylic acids is 1. The summed E-state index contributed by atoms with van der Waals surface area (Å²) >= 11 is 7.34. The Morgan fingerprint density at radius 3 is 2.94 bits per heavy atom. The molecule has 17 heavy (non-hydrogen) atoms. The molecule has 1 heterocycles. The maximum Gasteiger partial charge on any atom is 0.271 e. The molecule has 5 heteroatoms. The van der Waals surface area contributed by atoms with Crippen LogP contribution >= 0.6 is 22.9 Å². The SMILES string of the molecule is O=C(N/N=C\c1cccs1)c1cccc(Cl)c1. The Kier molecular flexibility index (Phi) is 3.90. The zero-order valence-corrected chi connectivity index (χ0v) is 10.3. The lowest BCUT2D eigenvalue weighted by Crippen LogP contribution is -2.17. The first kappa shape index (κ1) is 11.8. The van der Waals surface area contributed by atoms with Crippen LogP contribution in [-0.4, -0.2) is 12.1 Å². The average molecular weight is 265 g/mol. The topological polar surface area (TPSA) is 41.5 Å². The van der Waals surface area contributed by atoms with Crippen molar-refractivity contribution < 1.29 is 4.79 Å². The van der Waals surface area contributed by atoms with Crippen LogP contribution in [0.3, 0.4) is 0 Å². The second-order valence-electron chi connectivity index (χ2n) is 3.22. The molecule has 0 saturated heterocycles. The van der Waals surface area contributed by atoms with Gasteiger partial charge in [0.05, 0.1) is 6.21 Å². The van der Waals surface area contributed by atoms with Gasteiger partial charge in [0.2, 0.25) is 0 Å². The summed E-state index contributed by atoms with van der Waals surface area (Å²) in [4.78, 5) is 12.6. The highest BCUT2D eigenvalue weighted by molar-refractivity contribution is 7.11. The fourth-order valence-electron chi connectivity index (χ4n) is 1.21. The number of hydrogen-bond donors (Lipinski definition) is 1. The smallest absolute Gasteiger partial charge is 0.267 e. The largest absolute Gasteiger partial charge is 0.271 e. The number of hydrogen-bond acceptors (Lipinski definition) is 3. The van der Waals surface area contributed by atoms with Gasteiger partial charge < -0.3 is 0 Å². The third kappa shape index (κ3) is 3.41. The molecule has 1 amide bonds. The fourth-order valence-corrected chi connectivity index (χ4v) is 1.99. The molecule has 86 valence electrons. The van der Waals surface area contributed by atoms with Gasteiger partial charge >= 0.3 is 0 Å². The van der Waals surface area contributed by atoms with Crippen LogP contribution in [0.15, 0.2) is 46.9 Å². The second kappa shape index (κ2) is 5.61. The number of hydrazone groups is 1. The predicted octanol–water partition coefficient (Wildman–Crippen LogP) is 3.17. The van der Waals surface area contributed by atoms with E-state index in [-0.39, 0.29) is 5.91 Å². The molecule has 0 aliphatic heterocycles. The maximum absolute atomic E-state index is 11.6. The minimum Gasteiger partial charge on any atom is -0.267 e. The summed E-state index contributed by atoms with van der Waals surface area (Å²) in [5.41, 5.74) is 2.93. The Labute approximate surface area is 108 Å². The molecule has 1 N–H and O–H groups in total. The second-order valence-corrected chi connectivity index (χ2v) is 4.64. The van der Waals surface area contributed by atoms with Crippen LogP contribution in [-0.2, 0) is 0 Å². The van der Waals surface area contributed by atoms with Gasteiger partial charge in [0, 0.05) is 15.5 Å². The van der Waals surface area contributed by atoms with Gasteiger partial charge in [0.25, 0.3) is 5.91 Å². The molecule has 1 aromatic carbocycles. The van der Waals surface area contributed by atoms with Crippen LogP contribution in [0.1, 0.15) is 15.2 Å². The Bertz CT molecular complexity index is 537. The molecule has 0 aliphatic rings. The van der Waals surface area contributed by atoms with Gasteiger partial charge in [-0.3, -0.25) is 4.79 Å². The molecular weight excluding hydrogens is 256 g/mol. The van der Waals surface area contributed by atoms with Crippen LogP contribution in [0.5, 0.6) is 0 Å². The summed E-state index contributed by atoms with van der Waals surface area (Å²) in [6.45, 7) is 0. The summed E-state index contributed by atoms with van der Waals surface area (Å²) in [7, 11) is 0. The lowest BCUT2D eigenvalue weighted by molar-refractivity contribution is 0.0955. The Hall–Kier alpha value is -1.65. The highest BCUT2D eigenvalue weighted by atomic mass is 35.5. The normalized spacial score (nSPS) is 10.6. The maximum atomic E-state index is 11.6. The number of amides is 1. The van der Waals surface area contributed by atoms with Crippen molar-refractivity contribution in [3.05, 3.63) is 57.2 Å². The number of nitrogens with zero attached hydrogens (tertiary/aromatic N) is 1. The van der Waals surface area contributed by atoms with E-state index in [1.807, 2.05) is 17.5 Å². The Morgan fingerprint density at radius 1 is 1.35 bits per heavy atom. The van der Waals surface area contributed by atoms with Crippen LogP contribution in [0, 0.1) is 0 Å². The van der Waals surface area contributed by atoms with E-state index in [0.29, 0.717) is 10.6 Å². The zero-order valence-electron chi connectivity index (χ0n) is 8.76. The first-order chi connectivity index (χ1) is 8.25. The number of benzene rings is 1. The van der Waals surface area contributed by atoms with Gasteiger partial charge in [-0.25, -0.2) is 5.43 Å². The molecule has 0 unspecified atom stereocenters. The number of halogens is 1. The minimum atomic E-state index is -0.277. The highest BCUT2D eigenvalue weighted by Gasteiger charge is 2.03. The highest BCUT2D eigenvalue weighted by Crippen LogP contribution is 2.10. The van der Waals surface area contributed by atoms with Gasteiger partial charge in [0.1, 0.15) is 0 Å². The molecule has 0 fully saturated rings. The van der Waals surface area contributed by atoms with Crippen molar-refractivity contribution in [3.63, 3.8) is 0 Å². The lowest BCUT2D eigenvalue weighted by atomic mass is 10.2. The van der Waals surface area contributed by atoms with Crippen LogP contribution in [0.4, 0.5) is 0 Å². The molecule has 2 aromatic rings. The summed E-state index contributed by atoms with van der Waals surface area (Å²) < 4.78 is 0. The van der Waals surface area contributed by atoms with Gasteiger partial charge in [-0.1, -0.05) is 23.7 Å². The van der Waals surface area contributed by atoms with Gasteiger partial charge in [-0.05, 0) is 29.6 Å². The van der Waals surface area contributed by atoms with E-state index < -0.39 is 0 Å². The first-order valence-electron chi connectivity index (χ1n) is 4.88. The van der Waals surface area contributed by atoms with Crippen molar-refractivity contribution in [2.24, 2.45) is 5.10 Å². The van der Waals surface area contributed by atoms with Crippen LogP contribution < -0.4 is 5.43 Å². The molecule has 0 spiro atoms. The van der Waals surface area contributed by atoms with Crippen molar-refractivity contribution in [3.8, 4) is 0 Å². The molecule has 1 aromatic heterocycles. The molecular formula is C12H9ClN2OS. The monoisotopic (exact) mass is 264 g/mol. The summed E-state index contributed by atoms with van der Waals surface area (Å²) in [5, 5.41) is 6.33. The third-order valence-electron chi connectivity index (χ3n) is 1.99. The van der Waals surface area contributed by atoms with Crippen molar-refractivity contribution in [2.75, 3.05) is 0 Å². The van der Waals surface area contributed by atoms with Gasteiger partial charge in [-0.15, -0.1) is 11.3 Å². The Morgan fingerprint density at radius 2 is 2.24 bits per heavy atom. The van der Waals surface area contributed by atoms with Crippen molar-refractivity contribution in [2.45, 2.75) is 0 Å². The van der Waals surface area contributed by atoms with Gasteiger partial charge in [-0.2, -0.15) is 5.10 Å². The lowest BCUT2D eigenvalue weighted by Gasteiger charge is -1.99. The molecule has 0 radical (unpaired) electrons. The van der Waals surface area contributed by atoms with E-state index >= 15 is 0 Å². The summed E-state index contributed by atoms with van der Waals surface area (Å²) in [5.74, 6) is -0.277.